The van der Waals surface area contributed by atoms with Gasteiger partial charge < -0.3 is 29.9 Å². The molecular weight excluding hydrogens is 494 g/mol. The Morgan fingerprint density at radius 2 is 1.66 bits per heavy atom. The summed E-state index contributed by atoms with van der Waals surface area (Å²) in [5.41, 5.74) is -0.773. The second-order valence-electron chi connectivity index (χ2n) is 11.1. The van der Waals surface area contributed by atoms with Crippen molar-refractivity contribution in [2.24, 2.45) is 11.8 Å². The molecule has 0 bridgehead atoms. The van der Waals surface area contributed by atoms with Crippen LogP contribution in [0, 0.1) is 11.8 Å². The first kappa shape index (κ1) is 29.7. The van der Waals surface area contributed by atoms with E-state index in [2.05, 4.69) is 26.0 Å². The third-order valence-electron chi connectivity index (χ3n) is 6.48. The third kappa shape index (κ3) is 8.88. The van der Waals surface area contributed by atoms with Gasteiger partial charge in [0.15, 0.2) is 17.2 Å². The van der Waals surface area contributed by atoms with Crippen LogP contribution in [0.25, 0.3) is 0 Å². The Morgan fingerprint density at radius 3 is 2.26 bits per heavy atom. The highest BCUT2D eigenvalue weighted by Crippen LogP contribution is 2.29. The van der Waals surface area contributed by atoms with E-state index >= 15 is 0 Å². The molecule has 0 saturated carbocycles. The van der Waals surface area contributed by atoms with Crippen LogP contribution in [-0.2, 0) is 30.4 Å². The molecule has 0 aliphatic carbocycles. The van der Waals surface area contributed by atoms with Gasteiger partial charge in [0.1, 0.15) is 11.6 Å². The number of hydrogen-bond donors (Lipinski definition) is 3. The van der Waals surface area contributed by atoms with Gasteiger partial charge >= 0.3 is 0 Å². The van der Waals surface area contributed by atoms with Crippen molar-refractivity contribution in [3.63, 3.8) is 0 Å². The van der Waals surface area contributed by atoms with E-state index in [1.54, 1.807) is 13.0 Å². The third-order valence-corrected chi connectivity index (χ3v) is 6.48. The molecule has 3 heterocycles. The Bertz CT molecular complexity index is 982. The number of epoxide rings is 1. The molecule has 212 valence electrons. The molecule has 38 heavy (non-hydrogen) atoms. The van der Waals surface area contributed by atoms with Gasteiger partial charge in [-0.05, 0) is 31.6 Å². The number of Topliss-reactive ketones (excluding diaryl/α,β-unsaturated/α-hetero) is 1. The highest BCUT2D eigenvalue weighted by Gasteiger charge is 2.50. The van der Waals surface area contributed by atoms with Crippen molar-refractivity contribution in [3.05, 3.63) is 17.5 Å². The highest BCUT2D eigenvalue weighted by atomic mass is 16.6. The van der Waals surface area contributed by atoms with E-state index in [0.717, 1.165) is 13.1 Å². The van der Waals surface area contributed by atoms with Crippen LogP contribution in [0.2, 0.25) is 0 Å². The van der Waals surface area contributed by atoms with E-state index in [1.807, 2.05) is 27.7 Å². The van der Waals surface area contributed by atoms with E-state index in [-0.39, 0.29) is 29.9 Å². The maximum absolute atomic E-state index is 12.9. The Morgan fingerprint density at radius 1 is 1.03 bits per heavy atom. The Kier molecular flexibility index (Phi) is 10.4. The molecule has 2 aliphatic rings. The number of ketones is 1. The van der Waals surface area contributed by atoms with Gasteiger partial charge in [0, 0.05) is 19.2 Å². The fourth-order valence-electron chi connectivity index (χ4n) is 4.27. The lowest BCUT2D eigenvalue weighted by Crippen LogP contribution is -2.52. The molecule has 0 radical (unpaired) electrons. The van der Waals surface area contributed by atoms with Crippen molar-refractivity contribution in [3.8, 4) is 0 Å². The molecule has 1 aromatic heterocycles. The van der Waals surface area contributed by atoms with Crippen LogP contribution in [0.1, 0.15) is 63.7 Å². The minimum atomic E-state index is -0.874. The van der Waals surface area contributed by atoms with Gasteiger partial charge in [0.2, 0.25) is 11.8 Å². The van der Waals surface area contributed by atoms with Gasteiger partial charge in [-0.1, -0.05) is 32.9 Å². The summed E-state index contributed by atoms with van der Waals surface area (Å²) in [7, 11) is 0. The molecule has 3 unspecified atom stereocenters. The van der Waals surface area contributed by atoms with Gasteiger partial charge in [-0.3, -0.25) is 24.1 Å². The largest absolute Gasteiger partial charge is 0.379 e. The van der Waals surface area contributed by atoms with Crippen LogP contribution in [0.4, 0.5) is 0 Å². The molecule has 12 nitrogen and oxygen atoms in total. The molecule has 3 rings (SSSR count). The first-order valence-electron chi connectivity index (χ1n) is 13.3. The van der Waals surface area contributed by atoms with Crippen LogP contribution < -0.4 is 16.0 Å². The number of carbonyl (C=O) groups excluding carboxylic acids is 4. The van der Waals surface area contributed by atoms with Crippen molar-refractivity contribution in [2.45, 2.75) is 71.7 Å². The highest BCUT2D eigenvalue weighted by molar-refractivity contribution is 5.98. The zero-order valence-electron chi connectivity index (χ0n) is 23.0. The number of nitrogens with one attached hydrogen (secondary N) is 3. The second-order valence-corrected chi connectivity index (χ2v) is 11.1. The minimum Gasteiger partial charge on any atom is -0.379 e. The normalized spacial score (nSPS) is 21.1. The number of ether oxygens (including phenoxy) is 2. The van der Waals surface area contributed by atoms with Crippen molar-refractivity contribution < 1.29 is 33.2 Å². The number of amides is 3. The van der Waals surface area contributed by atoms with Gasteiger partial charge in [-0.2, -0.15) is 0 Å². The van der Waals surface area contributed by atoms with E-state index in [9.17, 15) is 19.2 Å². The van der Waals surface area contributed by atoms with E-state index in [1.165, 1.54) is 0 Å². The van der Waals surface area contributed by atoms with Crippen LogP contribution >= 0.6 is 0 Å². The monoisotopic (exact) mass is 535 g/mol. The van der Waals surface area contributed by atoms with Crippen LogP contribution in [-0.4, -0.2) is 90.7 Å². The number of aromatic nitrogens is 1. The zero-order valence-corrected chi connectivity index (χ0v) is 23.0. The quantitative estimate of drug-likeness (QED) is 0.291. The van der Waals surface area contributed by atoms with E-state index < -0.39 is 35.4 Å². The number of nitrogens with zero attached hydrogens (tertiary/aromatic N) is 2. The summed E-state index contributed by atoms with van der Waals surface area (Å²) < 4.78 is 15.9. The topological polar surface area (TPSA) is 155 Å². The fraction of sp³-hybridized carbons (Fsp3) is 0.731. The first-order valence-corrected chi connectivity index (χ1v) is 13.3. The molecule has 3 N–H and O–H groups in total. The van der Waals surface area contributed by atoms with Crippen molar-refractivity contribution >= 4 is 23.5 Å². The molecule has 12 heteroatoms. The summed E-state index contributed by atoms with van der Waals surface area (Å²) in [5.74, 6) is -0.860. The van der Waals surface area contributed by atoms with Crippen molar-refractivity contribution in [1.29, 1.82) is 0 Å². The smallest absolute Gasteiger partial charge is 0.274 e. The first-order chi connectivity index (χ1) is 18.0. The number of carbonyl (C=O) groups is 4. The molecule has 3 atom stereocenters. The number of rotatable bonds is 14. The summed E-state index contributed by atoms with van der Waals surface area (Å²) in [5, 5.41) is 11.9. The summed E-state index contributed by atoms with van der Waals surface area (Å²) >= 11 is 0. The molecule has 2 aliphatic heterocycles. The van der Waals surface area contributed by atoms with Crippen molar-refractivity contribution in [1.82, 2.24) is 26.0 Å². The van der Waals surface area contributed by atoms with Gasteiger partial charge in [-0.15, -0.1) is 0 Å². The average molecular weight is 536 g/mol. The van der Waals surface area contributed by atoms with Gasteiger partial charge in [-0.25, -0.2) is 0 Å². The van der Waals surface area contributed by atoms with Crippen molar-refractivity contribution in [2.75, 3.05) is 39.5 Å². The minimum absolute atomic E-state index is 0.0818. The van der Waals surface area contributed by atoms with Crippen LogP contribution in [0.5, 0.6) is 0 Å². The number of hydrogen-bond acceptors (Lipinski definition) is 9. The SMILES string of the molecule is CC(C)CC(NC(=O)c1cc(CN2CCOCC2)on1)C(=O)NCC(=O)NC(CC(C)C)C(=O)C1(C)CO1. The Labute approximate surface area is 223 Å². The standard InChI is InChI=1S/C26H41N5O7/c1-16(2)10-19(23(33)26(5)15-37-26)28-22(32)13-27-24(34)20(11-17(3)4)29-25(35)21-12-18(38-30-21)14-31-6-8-36-9-7-31/h12,16-17,19-20H,6-11,13-15H2,1-5H3,(H,27,34)(H,28,32)(H,29,35). The number of morpholine rings is 1. The van der Waals surface area contributed by atoms with Crippen LogP contribution in [0.3, 0.4) is 0 Å². The molecule has 3 amide bonds. The van der Waals surface area contributed by atoms with Gasteiger partial charge in [0.25, 0.3) is 5.91 Å². The lowest BCUT2D eigenvalue weighted by molar-refractivity contribution is -0.131. The lowest BCUT2D eigenvalue weighted by Gasteiger charge is -2.25. The zero-order chi connectivity index (χ0) is 27.9. The van der Waals surface area contributed by atoms with Crippen LogP contribution in [0.15, 0.2) is 10.6 Å². The van der Waals surface area contributed by atoms with Gasteiger partial charge in [0.05, 0.1) is 39.0 Å². The Balaban J connectivity index is 1.53. The average Bonchev–Trinajstić information content (AvgIpc) is 3.44. The molecule has 2 fully saturated rings. The summed E-state index contributed by atoms with van der Waals surface area (Å²) in [6, 6.07) is -0.00289. The molecule has 1 aromatic rings. The Hall–Kier alpha value is -2.83. The fourth-order valence-corrected chi connectivity index (χ4v) is 4.27. The predicted molar refractivity (Wildman–Crippen MR) is 137 cm³/mol. The molecule has 0 aromatic carbocycles. The molecule has 2 saturated heterocycles. The summed E-state index contributed by atoms with van der Waals surface area (Å²) in [6.45, 7) is 12.8. The van der Waals surface area contributed by atoms with E-state index in [4.69, 9.17) is 14.0 Å². The van der Waals surface area contributed by atoms with E-state index in [0.29, 0.717) is 45.0 Å². The summed E-state index contributed by atoms with van der Waals surface area (Å²) in [4.78, 5) is 53.2. The second kappa shape index (κ2) is 13.3. The lowest BCUT2D eigenvalue weighted by atomic mass is 9.93. The maximum atomic E-state index is 12.9. The molecule has 0 spiro atoms. The summed E-state index contributed by atoms with van der Waals surface area (Å²) in [6.07, 6.45) is 0.830. The maximum Gasteiger partial charge on any atom is 0.274 e. The predicted octanol–water partition coefficient (Wildman–Crippen LogP) is 0.656. The molecular formula is C26H41N5O7.